The number of carbonyl (C=O) groups is 3. The number of nitrogens with zero attached hydrogens (tertiary/aromatic N) is 1. The van der Waals surface area contributed by atoms with Gasteiger partial charge in [-0.15, -0.1) is 0 Å². The zero-order valence-electron chi connectivity index (χ0n) is 11.4. The summed E-state index contributed by atoms with van der Waals surface area (Å²) in [6, 6.07) is -0.197. The fourth-order valence-electron chi connectivity index (χ4n) is 2.97. The van der Waals surface area contributed by atoms with Crippen molar-refractivity contribution in [3.05, 3.63) is 11.3 Å². The molecule has 2 aliphatic heterocycles. The topological polar surface area (TPSA) is 72.9 Å². The van der Waals surface area contributed by atoms with Crippen LogP contribution in [-0.2, 0) is 23.9 Å². The van der Waals surface area contributed by atoms with Crippen LogP contribution >= 0.6 is 0 Å². The number of aldehydes is 1. The molecule has 0 saturated carbocycles. The van der Waals surface area contributed by atoms with Crippen molar-refractivity contribution in [3.8, 4) is 0 Å². The summed E-state index contributed by atoms with van der Waals surface area (Å²) in [5, 5.41) is 0. The molecule has 0 aromatic heterocycles. The highest BCUT2D eigenvalue weighted by molar-refractivity contribution is 6.04. The van der Waals surface area contributed by atoms with Crippen LogP contribution in [0.5, 0.6) is 0 Å². The monoisotopic (exact) mass is 267 g/mol. The lowest BCUT2D eigenvalue weighted by Gasteiger charge is -2.47. The number of β-lactam (4-membered cyclic amide) rings is 1. The molecule has 104 valence electrons. The maximum Gasteiger partial charge on any atom is 0.355 e. The van der Waals surface area contributed by atoms with Crippen LogP contribution < -0.4 is 0 Å². The lowest BCUT2D eigenvalue weighted by Crippen LogP contribution is -2.63. The maximum absolute atomic E-state index is 12.2. The van der Waals surface area contributed by atoms with Gasteiger partial charge in [0.2, 0.25) is 5.91 Å². The first-order valence-corrected chi connectivity index (χ1v) is 6.13. The molecule has 0 spiro atoms. The Morgan fingerprint density at radius 1 is 1.42 bits per heavy atom. The highest BCUT2D eigenvalue weighted by Gasteiger charge is 2.60. The van der Waals surface area contributed by atoms with E-state index < -0.39 is 5.97 Å². The average Bonchev–Trinajstić information content (AvgIpc) is 2.66. The smallest absolute Gasteiger partial charge is 0.355 e. The average molecular weight is 267 g/mol. The van der Waals surface area contributed by atoms with Crippen molar-refractivity contribution in [2.24, 2.45) is 11.8 Å². The fraction of sp³-hybridized carbons (Fsp3) is 0.615. The van der Waals surface area contributed by atoms with Gasteiger partial charge in [0.25, 0.3) is 0 Å². The number of hydrogen-bond acceptors (Lipinski definition) is 5. The van der Waals surface area contributed by atoms with Gasteiger partial charge in [-0.05, 0) is 6.92 Å². The molecule has 6 heteroatoms. The van der Waals surface area contributed by atoms with E-state index in [1.807, 2.05) is 13.8 Å². The van der Waals surface area contributed by atoms with Crippen LogP contribution in [-0.4, -0.2) is 49.4 Å². The quantitative estimate of drug-likeness (QED) is 0.411. The highest BCUT2D eigenvalue weighted by Crippen LogP contribution is 2.47. The third-order valence-corrected chi connectivity index (χ3v) is 4.09. The number of hydrogen-bond donors (Lipinski definition) is 0. The predicted molar refractivity (Wildman–Crippen MR) is 64.9 cm³/mol. The molecule has 0 radical (unpaired) electrons. The molecule has 0 N–H and O–H groups in total. The number of ether oxygens (including phenoxy) is 2. The van der Waals surface area contributed by atoms with Gasteiger partial charge in [-0.2, -0.15) is 0 Å². The molecule has 19 heavy (non-hydrogen) atoms. The summed E-state index contributed by atoms with van der Waals surface area (Å²) in [5.41, 5.74) is 0.413. The van der Waals surface area contributed by atoms with Gasteiger partial charge in [-0.25, -0.2) is 4.79 Å². The van der Waals surface area contributed by atoms with Crippen LogP contribution in [0.1, 0.15) is 13.8 Å². The molecular weight excluding hydrogens is 250 g/mol. The molecule has 1 saturated heterocycles. The van der Waals surface area contributed by atoms with Crippen LogP contribution in [0.3, 0.4) is 0 Å². The molecular formula is C13H17NO5. The second-order valence-corrected chi connectivity index (χ2v) is 4.87. The van der Waals surface area contributed by atoms with E-state index in [0.717, 1.165) is 0 Å². The van der Waals surface area contributed by atoms with Gasteiger partial charge in [0, 0.05) is 18.6 Å². The van der Waals surface area contributed by atoms with E-state index >= 15 is 0 Å². The Morgan fingerprint density at radius 3 is 2.53 bits per heavy atom. The van der Waals surface area contributed by atoms with E-state index in [4.69, 9.17) is 4.74 Å². The third kappa shape index (κ3) is 1.70. The summed E-state index contributed by atoms with van der Waals surface area (Å²) in [5.74, 6) is -1.35. The largest absolute Gasteiger partial charge is 0.464 e. The Labute approximate surface area is 111 Å². The number of fused-ring (bicyclic) bond motifs is 1. The SMILES string of the molecule is COC(=O)C1=C(C=O)[C@H](C)C2C(C(C)OC)C(=O)N12. The van der Waals surface area contributed by atoms with Gasteiger partial charge in [0.15, 0.2) is 0 Å². The number of carbonyl (C=O) groups excluding carboxylic acids is 3. The second-order valence-electron chi connectivity index (χ2n) is 4.87. The number of esters is 1. The van der Waals surface area contributed by atoms with Gasteiger partial charge in [-0.1, -0.05) is 6.92 Å². The normalized spacial score (nSPS) is 30.8. The van der Waals surface area contributed by atoms with Crippen LogP contribution in [0.4, 0.5) is 0 Å². The van der Waals surface area contributed by atoms with Crippen molar-refractivity contribution in [2.45, 2.75) is 26.0 Å². The van der Waals surface area contributed by atoms with Gasteiger partial charge >= 0.3 is 5.97 Å². The predicted octanol–water partition coefficient (Wildman–Crippen LogP) is 0.124. The first kappa shape index (κ1) is 13.7. The summed E-state index contributed by atoms with van der Waals surface area (Å²) in [6.07, 6.45) is 0.387. The standard InChI is InChI=1S/C13H17NO5/c1-6-8(5-15)11(13(17)19-4)14-10(6)9(12(14)16)7(2)18-3/h5-7,9-10H,1-4H3/t6-,7?,9?,10?/m0/s1. The fourth-order valence-corrected chi connectivity index (χ4v) is 2.97. The zero-order valence-corrected chi connectivity index (χ0v) is 11.4. The van der Waals surface area contributed by atoms with E-state index in [-0.39, 0.29) is 35.6 Å². The maximum atomic E-state index is 12.2. The summed E-state index contributed by atoms with van der Waals surface area (Å²) in [6.45, 7) is 3.64. The number of rotatable bonds is 4. The second kappa shape index (κ2) is 4.77. The highest BCUT2D eigenvalue weighted by atomic mass is 16.5. The minimum absolute atomic E-state index is 0.0829. The van der Waals surface area contributed by atoms with Gasteiger partial charge in [0.1, 0.15) is 12.0 Å². The first-order chi connectivity index (χ1) is 8.99. The van der Waals surface area contributed by atoms with E-state index in [9.17, 15) is 14.4 Å². The Hall–Kier alpha value is -1.69. The summed E-state index contributed by atoms with van der Waals surface area (Å²) in [4.78, 5) is 36.5. The molecule has 0 aromatic rings. The van der Waals surface area contributed by atoms with Crippen LogP contribution in [0.25, 0.3) is 0 Å². The lowest BCUT2D eigenvalue weighted by molar-refractivity contribution is -0.165. The van der Waals surface area contributed by atoms with Gasteiger partial charge < -0.3 is 14.4 Å². The van der Waals surface area contributed by atoms with Crippen molar-refractivity contribution in [1.29, 1.82) is 0 Å². The van der Waals surface area contributed by atoms with Crippen LogP contribution in [0.2, 0.25) is 0 Å². The van der Waals surface area contributed by atoms with E-state index in [1.54, 1.807) is 0 Å². The molecule has 2 rings (SSSR count). The Kier molecular flexibility index (Phi) is 3.45. The molecule has 0 aliphatic carbocycles. The van der Waals surface area contributed by atoms with Gasteiger partial charge in [-0.3, -0.25) is 9.59 Å². The van der Waals surface area contributed by atoms with E-state index in [0.29, 0.717) is 11.9 Å². The van der Waals surface area contributed by atoms with Crippen molar-refractivity contribution < 1.29 is 23.9 Å². The minimum atomic E-state index is -0.645. The number of methoxy groups -OCH3 is 2. The molecule has 2 heterocycles. The minimum Gasteiger partial charge on any atom is -0.464 e. The van der Waals surface area contributed by atoms with Crippen molar-refractivity contribution >= 4 is 18.2 Å². The summed E-state index contributed by atoms with van der Waals surface area (Å²) in [7, 11) is 2.77. The molecule has 1 amide bonds. The molecule has 1 fully saturated rings. The molecule has 0 bridgehead atoms. The van der Waals surface area contributed by atoms with Crippen molar-refractivity contribution in [3.63, 3.8) is 0 Å². The summed E-state index contributed by atoms with van der Waals surface area (Å²) >= 11 is 0. The lowest BCUT2D eigenvalue weighted by atomic mass is 9.78. The Bertz CT molecular complexity index is 470. The molecule has 2 aliphatic rings. The third-order valence-electron chi connectivity index (χ3n) is 4.09. The summed E-state index contributed by atoms with van der Waals surface area (Å²) < 4.78 is 9.86. The number of amides is 1. The molecule has 4 atom stereocenters. The van der Waals surface area contributed by atoms with Crippen molar-refractivity contribution in [2.75, 3.05) is 14.2 Å². The van der Waals surface area contributed by atoms with Crippen LogP contribution in [0, 0.1) is 11.8 Å². The Morgan fingerprint density at radius 2 is 2.05 bits per heavy atom. The van der Waals surface area contributed by atoms with Crippen LogP contribution in [0.15, 0.2) is 11.3 Å². The van der Waals surface area contributed by atoms with E-state index in [2.05, 4.69) is 4.74 Å². The Balaban J connectivity index is 2.37. The molecule has 3 unspecified atom stereocenters. The van der Waals surface area contributed by atoms with E-state index in [1.165, 1.54) is 19.1 Å². The zero-order chi connectivity index (χ0) is 14.3. The molecule has 0 aromatic carbocycles. The van der Waals surface area contributed by atoms with Crippen molar-refractivity contribution in [1.82, 2.24) is 4.90 Å². The van der Waals surface area contributed by atoms with Gasteiger partial charge in [0.05, 0.1) is 25.2 Å². The molecule has 6 nitrogen and oxygen atoms in total. The first-order valence-electron chi connectivity index (χ1n) is 6.13.